The van der Waals surface area contributed by atoms with Crippen molar-refractivity contribution < 1.29 is 4.74 Å². The van der Waals surface area contributed by atoms with Crippen LogP contribution in [0.25, 0.3) is 0 Å². The highest BCUT2D eigenvalue weighted by Crippen LogP contribution is 2.24. The predicted octanol–water partition coefficient (Wildman–Crippen LogP) is 4.34. The van der Waals surface area contributed by atoms with Crippen LogP contribution in [-0.2, 0) is 11.2 Å². The van der Waals surface area contributed by atoms with E-state index in [0.29, 0.717) is 0 Å². The fourth-order valence-corrected chi connectivity index (χ4v) is 2.65. The van der Waals surface area contributed by atoms with E-state index in [1.54, 1.807) is 7.11 Å². The van der Waals surface area contributed by atoms with Crippen LogP contribution in [0.5, 0.6) is 0 Å². The molecule has 0 aliphatic carbocycles. The van der Waals surface area contributed by atoms with Gasteiger partial charge in [-0.25, -0.2) is 0 Å². The smallest absolute Gasteiger partial charge is 0.0576 e. The molecule has 21 heavy (non-hydrogen) atoms. The van der Waals surface area contributed by atoms with Crippen LogP contribution in [0.3, 0.4) is 0 Å². The van der Waals surface area contributed by atoms with Crippen molar-refractivity contribution in [3.63, 3.8) is 0 Å². The van der Waals surface area contributed by atoms with E-state index in [4.69, 9.17) is 4.74 Å². The average molecular weight is 348 g/mol. The van der Waals surface area contributed by atoms with E-state index in [1.165, 1.54) is 16.7 Å². The van der Waals surface area contributed by atoms with Crippen molar-refractivity contribution in [3.8, 4) is 0 Å². The molecular weight excluding hydrogens is 326 g/mol. The number of ether oxygens (including phenoxy) is 1. The third-order valence-corrected chi connectivity index (χ3v) is 4.05. The summed E-state index contributed by atoms with van der Waals surface area (Å²) >= 11 is 3.49. The molecule has 112 valence electrons. The molecular formula is C18H22BrNO. The lowest BCUT2D eigenvalue weighted by Gasteiger charge is -2.19. The highest BCUT2D eigenvalue weighted by Gasteiger charge is 2.12. The number of halogens is 1. The molecule has 0 amide bonds. The second-order valence-corrected chi connectivity index (χ2v) is 5.94. The fourth-order valence-electron chi connectivity index (χ4n) is 2.38. The number of hydrogen-bond donors (Lipinski definition) is 1. The minimum atomic E-state index is 0.236. The average Bonchev–Trinajstić information content (AvgIpc) is 2.52. The van der Waals surface area contributed by atoms with Crippen LogP contribution >= 0.6 is 15.9 Å². The lowest BCUT2D eigenvalue weighted by Crippen LogP contribution is -2.21. The first-order chi connectivity index (χ1) is 10.2. The number of benzene rings is 2. The molecule has 0 fully saturated rings. The SMILES string of the molecule is CCNC(c1ccc(Br)cc1)c1ccc(CCOC)cc1. The van der Waals surface area contributed by atoms with Crippen LogP contribution in [0, 0.1) is 0 Å². The zero-order chi connectivity index (χ0) is 15.1. The maximum Gasteiger partial charge on any atom is 0.0576 e. The van der Waals surface area contributed by atoms with E-state index in [-0.39, 0.29) is 6.04 Å². The Morgan fingerprint density at radius 3 is 2.10 bits per heavy atom. The normalized spacial score (nSPS) is 12.3. The molecule has 1 atom stereocenters. The number of methoxy groups -OCH3 is 1. The van der Waals surface area contributed by atoms with Crippen molar-refractivity contribution in [3.05, 3.63) is 69.7 Å². The summed E-state index contributed by atoms with van der Waals surface area (Å²) in [4.78, 5) is 0. The van der Waals surface area contributed by atoms with Gasteiger partial charge in [0.1, 0.15) is 0 Å². The summed E-state index contributed by atoms with van der Waals surface area (Å²) in [6, 6.07) is 17.5. The van der Waals surface area contributed by atoms with Gasteiger partial charge in [0.05, 0.1) is 12.6 Å². The van der Waals surface area contributed by atoms with Crippen molar-refractivity contribution >= 4 is 15.9 Å². The Balaban J connectivity index is 2.19. The first kappa shape index (κ1) is 16.2. The predicted molar refractivity (Wildman–Crippen MR) is 91.7 cm³/mol. The molecule has 2 rings (SSSR count). The minimum Gasteiger partial charge on any atom is -0.384 e. The monoisotopic (exact) mass is 347 g/mol. The molecule has 0 spiro atoms. The second kappa shape index (κ2) is 8.32. The van der Waals surface area contributed by atoms with Crippen molar-refractivity contribution in [1.29, 1.82) is 0 Å². The molecule has 0 aliphatic heterocycles. The first-order valence-corrected chi connectivity index (χ1v) is 8.10. The van der Waals surface area contributed by atoms with Gasteiger partial charge in [-0.1, -0.05) is 59.3 Å². The minimum absolute atomic E-state index is 0.236. The summed E-state index contributed by atoms with van der Waals surface area (Å²) in [6.07, 6.45) is 0.959. The molecule has 1 N–H and O–H groups in total. The topological polar surface area (TPSA) is 21.3 Å². The third kappa shape index (κ3) is 4.67. The van der Waals surface area contributed by atoms with Gasteiger partial charge in [-0.05, 0) is 41.8 Å². The van der Waals surface area contributed by atoms with Crippen LogP contribution in [0.1, 0.15) is 29.7 Å². The number of hydrogen-bond acceptors (Lipinski definition) is 2. The Morgan fingerprint density at radius 2 is 1.57 bits per heavy atom. The largest absolute Gasteiger partial charge is 0.384 e. The Bertz CT molecular complexity index is 536. The Morgan fingerprint density at radius 1 is 1.00 bits per heavy atom. The molecule has 0 saturated carbocycles. The van der Waals surface area contributed by atoms with Gasteiger partial charge in [0.25, 0.3) is 0 Å². The number of rotatable bonds is 7. The van der Waals surface area contributed by atoms with Crippen molar-refractivity contribution in [1.82, 2.24) is 5.32 Å². The van der Waals surface area contributed by atoms with E-state index >= 15 is 0 Å². The highest BCUT2D eigenvalue weighted by atomic mass is 79.9. The molecule has 0 saturated heterocycles. The van der Waals surface area contributed by atoms with E-state index < -0.39 is 0 Å². The fraction of sp³-hybridized carbons (Fsp3) is 0.333. The highest BCUT2D eigenvalue weighted by molar-refractivity contribution is 9.10. The van der Waals surface area contributed by atoms with E-state index in [9.17, 15) is 0 Å². The zero-order valence-corrected chi connectivity index (χ0v) is 14.2. The van der Waals surface area contributed by atoms with Gasteiger partial charge in [0, 0.05) is 11.6 Å². The van der Waals surface area contributed by atoms with Gasteiger partial charge in [0.15, 0.2) is 0 Å². The molecule has 3 heteroatoms. The van der Waals surface area contributed by atoms with Crippen LogP contribution < -0.4 is 5.32 Å². The summed E-state index contributed by atoms with van der Waals surface area (Å²) in [7, 11) is 1.74. The van der Waals surface area contributed by atoms with Crippen LogP contribution in [0.4, 0.5) is 0 Å². The Hall–Kier alpha value is -1.16. The maximum atomic E-state index is 5.13. The van der Waals surface area contributed by atoms with Crippen molar-refractivity contribution in [2.75, 3.05) is 20.3 Å². The lowest BCUT2D eigenvalue weighted by atomic mass is 9.97. The first-order valence-electron chi connectivity index (χ1n) is 7.31. The third-order valence-electron chi connectivity index (χ3n) is 3.52. The quantitative estimate of drug-likeness (QED) is 0.804. The van der Waals surface area contributed by atoms with Crippen LogP contribution in [0.2, 0.25) is 0 Å². The molecule has 0 aromatic heterocycles. The summed E-state index contributed by atoms with van der Waals surface area (Å²) in [5.41, 5.74) is 3.89. The van der Waals surface area contributed by atoms with Crippen molar-refractivity contribution in [2.45, 2.75) is 19.4 Å². The van der Waals surface area contributed by atoms with E-state index in [2.05, 4.69) is 76.7 Å². The molecule has 0 heterocycles. The molecule has 2 nitrogen and oxygen atoms in total. The molecule has 1 unspecified atom stereocenters. The van der Waals surface area contributed by atoms with E-state index in [0.717, 1.165) is 24.0 Å². The van der Waals surface area contributed by atoms with Gasteiger partial charge in [0.2, 0.25) is 0 Å². The van der Waals surface area contributed by atoms with Crippen LogP contribution in [0.15, 0.2) is 53.0 Å². The molecule has 2 aromatic rings. The Labute approximate surface area is 135 Å². The second-order valence-electron chi connectivity index (χ2n) is 5.03. The standard InChI is InChI=1S/C18H22BrNO/c1-3-20-18(16-8-10-17(19)11-9-16)15-6-4-14(5-7-15)12-13-21-2/h4-11,18,20H,3,12-13H2,1-2H3. The maximum absolute atomic E-state index is 5.13. The number of nitrogens with one attached hydrogen (secondary N) is 1. The lowest BCUT2D eigenvalue weighted by molar-refractivity contribution is 0.202. The van der Waals surface area contributed by atoms with Crippen LogP contribution in [-0.4, -0.2) is 20.3 Å². The Kier molecular flexibility index (Phi) is 6.43. The molecule has 0 aliphatic rings. The van der Waals surface area contributed by atoms with E-state index in [1.807, 2.05) is 0 Å². The molecule has 0 bridgehead atoms. The van der Waals surface area contributed by atoms with Gasteiger partial charge in [-0.3, -0.25) is 0 Å². The molecule has 2 aromatic carbocycles. The van der Waals surface area contributed by atoms with Gasteiger partial charge in [-0.15, -0.1) is 0 Å². The van der Waals surface area contributed by atoms with Gasteiger partial charge < -0.3 is 10.1 Å². The molecule has 0 radical (unpaired) electrons. The van der Waals surface area contributed by atoms with Gasteiger partial charge >= 0.3 is 0 Å². The summed E-state index contributed by atoms with van der Waals surface area (Å²) < 4.78 is 6.23. The summed E-state index contributed by atoms with van der Waals surface area (Å²) in [6.45, 7) is 3.84. The zero-order valence-electron chi connectivity index (χ0n) is 12.6. The summed E-state index contributed by atoms with van der Waals surface area (Å²) in [5.74, 6) is 0. The van der Waals surface area contributed by atoms with Gasteiger partial charge in [-0.2, -0.15) is 0 Å². The van der Waals surface area contributed by atoms with Crippen molar-refractivity contribution in [2.24, 2.45) is 0 Å². The summed E-state index contributed by atoms with van der Waals surface area (Å²) in [5, 5.41) is 3.56.